The zero-order valence-corrected chi connectivity index (χ0v) is 10.4. The Morgan fingerprint density at radius 2 is 2.16 bits per heavy atom. The van der Waals surface area contributed by atoms with Crippen LogP contribution in [0.5, 0.6) is 5.75 Å². The molecule has 0 saturated carbocycles. The third-order valence-electron chi connectivity index (χ3n) is 2.85. The predicted octanol–water partition coefficient (Wildman–Crippen LogP) is 1.81. The van der Waals surface area contributed by atoms with Gasteiger partial charge in [0.05, 0.1) is 24.2 Å². The van der Waals surface area contributed by atoms with Gasteiger partial charge in [0, 0.05) is 18.7 Å². The number of carbonyl (C=O) groups is 1. The van der Waals surface area contributed by atoms with E-state index in [2.05, 4.69) is 0 Å². The quantitative estimate of drug-likeness (QED) is 0.602. The van der Waals surface area contributed by atoms with Crippen molar-refractivity contribution in [3.63, 3.8) is 0 Å². The first-order valence-corrected chi connectivity index (χ1v) is 5.88. The number of morpholine rings is 1. The van der Waals surface area contributed by atoms with Gasteiger partial charge >= 0.3 is 6.09 Å². The molecular weight excluding hydrogens is 252 g/mol. The molecule has 0 aliphatic carbocycles. The van der Waals surface area contributed by atoms with E-state index in [1.165, 1.54) is 24.3 Å². The smallest absolute Gasteiger partial charge is 0.410 e. The molecule has 1 aromatic carbocycles. The Balaban J connectivity index is 2.00. The van der Waals surface area contributed by atoms with Gasteiger partial charge in [0.25, 0.3) is 5.69 Å². The fraction of sp³-hybridized carbons (Fsp3) is 0.417. The summed E-state index contributed by atoms with van der Waals surface area (Å²) in [5.74, 6) is 0.286. The maximum absolute atomic E-state index is 11.9. The first kappa shape index (κ1) is 13.3. The normalized spacial score (nSPS) is 19.0. The first-order chi connectivity index (χ1) is 9.08. The van der Waals surface area contributed by atoms with E-state index in [9.17, 15) is 14.9 Å². The van der Waals surface area contributed by atoms with E-state index in [-0.39, 0.29) is 17.5 Å². The SMILES string of the molecule is C[C@@H]1COCCN1C(=O)Oc1ccc([N+](=O)[O-])cc1. The van der Waals surface area contributed by atoms with Crippen molar-refractivity contribution in [3.05, 3.63) is 34.4 Å². The van der Waals surface area contributed by atoms with Crippen molar-refractivity contribution >= 4 is 11.8 Å². The van der Waals surface area contributed by atoms with Gasteiger partial charge < -0.3 is 14.4 Å². The molecule has 7 nitrogen and oxygen atoms in total. The third-order valence-corrected chi connectivity index (χ3v) is 2.85. The zero-order chi connectivity index (χ0) is 13.8. The number of nitro groups is 1. The van der Waals surface area contributed by atoms with Crippen molar-refractivity contribution in [2.75, 3.05) is 19.8 Å². The van der Waals surface area contributed by atoms with Crippen LogP contribution >= 0.6 is 0 Å². The molecule has 0 N–H and O–H groups in total. The van der Waals surface area contributed by atoms with Crippen molar-refractivity contribution in [3.8, 4) is 5.75 Å². The summed E-state index contributed by atoms with van der Waals surface area (Å²) in [5.41, 5.74) is -0.0421. The van der Waals surface area contributed by atoms with E-state index >= 15 is 0 Å². The fourth-order valence-corrected chi connectivity index (χ4v) is 1.79. The number of hydrogen-bond acceptors (Lipinski definition) is 5. The maximum Gasteiger partial charge on any atom is 0.415 e. The summed E-state index contributed by atoms with van der Waals surface area (Å²) in [4.78, 5) is 23.5. The van der Waals surface area contributed by atoms with Gasteiger partial charge in [-0.2, -0.15) is 0 Å². The molecule has 1 atom stereocenters. The summed E-state index contributed by atoms with van der Waals surface area (Å²) < 4.78 is 10.4. The van der Waals surface area contributed by atoms with Crippen LogP contribution in [-0.2, 0) is 4.74 Å². The molecule has 0 unspecified atom stereocenters. The molecule has 1 aliphatic rings. The fourth-order valence-electron chi connectivity index (χ4n) is 1.79. The number of amides is 1. The highest BCUT2D eigenvalue weighted by atomic mass is 16.6. The van der Waals surface area contributed by atoms with Gasteiger partial charge in [0.15, 0.2) is 0 Å². The molecule has 7 heteroatoms. The van der Waals surface area contributed by atoms with Gasteiger partial charge in [-0.1, -0.05) is 0 Å². The number of benzene rings is 1. The Morgan fingerprint density at radius 3 is 2.74 bits per heavy atom. The monoisotopic (exact) mass is 266 g/mol. The van der Waals surface area contributed by atoms with Crippen LogP contribution in [0.15, 0.2) is 24.3 Å². The molecule has 1 fully saturated rings. The van der Waals surface area contributed by atoms with Crippen LogP contribution in [-0.4, -0.2) is 41.7 Å². The van der Waals surface area contributed by atoms with E-state index in [0.717, 1.165) is 0 Å². The molecule has 0 radical (unpaired) electrons. The minimum atomic E-state index is -0.504. The van der Waals surface area contributed by atoms with Crippen molar-refractivity contribution in [1.82, 2.24) is 4.90 Å². The largest absolute Gasteiger partial charge is 0.415 e. The van der Waals surface area contributed by atoms with Gasteiger partial charge in [-0.3, -0.25) is 10.1 Å². The van der Waals surface area contributed by atoms with Crippen LogP contribution in [0.25, 0.3) is 0 Å². The van der Waals surface area contributed by atoms with Crippen LogP contribution < -0.4 is 4.74 Å². The van der Waals surface area contributed by atoms with Gasteiger partial charge in [-0.05, 0) is 19.1 Å². The average molecular weight is 266 g/mol. The molecule has 19 heavy (non-hydrogen) atoms. The van der Waals surface area contributed by atoms with E-state index in [1.807, 2.05) is 6.92 Å². The lowest BCUT2D eigenvalue weighted by molar-refractivity contribution is -0.384. The molecule has 1 amide bonds. The second-order valence-electron chi connectivity index (χ2n) is 4.24. The number of rotatable bonds is 2. The Bertz CT molecular complexity index is 474. The van der Waals surface area contributed by atoms with Crippen molar-refractivity contribution < 1.29 is 19.2 Å². The van der Waals surface area contributed by atoms with E-state index in [1.54, 1.807) is 4.90 Å². The van der Waals surface area contributed by atoms with Gasteiger partial charge in [0.1, 0.15) is 5.75 Å². The van der Waals surface area contributed by atoms with E-state index in [4.69, 9.17) is 9.47 Å². The molecule has 1 heterocycles. The van der Waals surface area contributed by atoms with Crippen LogP contribution in [0.1, 0.15) is 6.92 Å². The second-order valence-corrected chi connectivity index (χ2v) is 4.24. The molecule has 1 aromatic rings. The van der Waals surface area contributed by atoms with Crippen LogP contribution in [0.2, 0.25) is 0 Å². The van der Waals surface area contributed by atoms with Crippen molar-refractivity contribution in [2.45, 2.75) is 13.0 Å². The number of hydrogen-bond donors (Lipinski definition) is 0. The Morgan fingerprint density at radius 1 is 1.47 bits per heavy atom. The van der Waals surface area contributed by atoms with Crippen LogP contribution in [0, 0.1) is 10.1 Å². The van der Waals surface area contributed by atoms with Crippen LogP contribution in [0.3, 0.4) is 0 Å². The number of ether oxygens (including phenoxy) is 2. The lowest BCUT2D eigenvalue weighted by Gasteiger charge is -2.32. The molecule has 2 rings (SSSR count). The zero-order valence-electron chi connectivity index (χ0n) is 10.4. The third kappa shape index (κ3) is 3.19. The Labute approximate surface area is 109 Å². The number of nitrogens with zero attached hydrogens (tertiary/aromatic N) is 2. The molecule has 0 spiro atoms. The molecular formula is C12H14N2O5. The highest BCUT2D eigenvalue weighted by Crippen LogP contribution is 2.19. The highest BCUT2D eigenvalue weighted by Gasteiger charge is 2.25. The van der Waals surface area contributed by atoms with E-state index < -0.39 is 11.0 Å². The molecule has 1 aliphatic heterocycles. The summed E-state index contributed by atoms with van der Waals surface area (Å²) in [6.45, 7) is 3.32. The maximum atomic E-state index is 11.9. The van der Waals surface area contributed by atoms with Gasteiger partial charge in [-0.15, -0.1) is 0 Å². The Hall–Kier alpha value is -2.15. The van der Waals surface area contributed by atoms with Crippen molar-refractivity contribution in [2.24, 2.45) is 0 Å². The second kappa shape index (κ2) is 5.66. The minimum absolute atomic E-state index is 0.0421. The lowest BCUT2D eigenvalue weighted by Crippen LogP contribution is -2.48. The predicted molar refractivity (Wildman–Crippen MR) is 66.1 cm³/mol. The molecule has 102 valence electrons. The Kier molecular flexibility index (Phi) is 3.96. The van der Waals surface area contributed by atoms with Gasteiger partial charge in [0.2, 0.25) is 0 Å². The number of carbonyl (C=O) groups excluding carboxylic acids is 1. The minimum Gasteiger partial charge on any atom is -0.410 e. The topological polar surface area (TPSA) is 81.9 Å². The lowest BCUT2D eigenvalue weighted by atomic mass is 10.3. The summed E-state index contributed by atoms with van der Waals surface area (Å²) >= 11 is 0. The standard InChI is InChI=1S/C12H14N2O5/c1-9-8-18-7-6-13(9)12(15)19-11-4-2-10(3-5-11)14(16)17/h2-5,9H,6-8H2,1H3/t9-/m1/s1. The summed E-state index contributed by atoms with van der Waals surface area (Å²) in [6.07, 6.45) is -0.468. The average Bonchev–Trinajstić information content (AvgIpc) is 2.39. The summed E-state index contributed by atoms with van der Waals surface area (Å²) in [7, 11) is 0. The van der Waals surface area contributed by atoms with Crippen molar-refractivity contribution in [1.29, 1.82) is 0 Å². The molecule has 0 aromatic heterocycles. The molecule has 0 bridgehead atoms. The first-order valence-electron chi connectivity index (χ1n) is 5.88. The molecule has 1 saturated heterocycles. The van der Waals surface area contributed by atoms with Gasteiger partial charge in [-0.25, -0.2) is 4.79 Å². The highest BCUT2D eigenvalue weighted by molar-refractivity contribution is 5.71. The number of nitro benzene ring substituents is 1. The summed E-state index contributed by atoms with van der Waals surface area (Å²) in [5, 5.41) is 10.5. The number of non-ortho nitro benzene ring substituents is 1. The van der Waals surface area contributed by atoms with Crippen LogP contribution in [0.4, 0.5) is 10.5 Å². The van der Waals surface area contributed by atoms with E-state index in [0.29, 0.717) is 19.8 Å². The summed E-state index contributed by atoms with van der Waals surface area (Å²) in [6, 6.07) is 5.36.